The van der Waals surface area contributed by atoms with E-state index in [9.17, 15) is 9.90 Å². The van der Waals surface area contributed by atoms with Gasteiger partial charge < -0.3 is 10.4 Å². The molecule has 5 nitrogen and oxygen atoms in total. The zero-order valence-corrected chi connectivity index (χ0v) is 14.6. The van der Waals surface area contributed by atoms with E-state index in [4.69, 9.17) is 0 Å². The summed E-state index contributed by atoms with van der Waals surface area (Å²) in [7, 11) is 0. The van der Waals surface area contributed by atoms with Gasteiger partial charge in [0.25, 0.3) is 0 Å². The largest absolute Gasteiger partial charge is 0.389 e. The molecule has 1 amide bonds. The fourth-order valence-electron chi connectivity index (χ4n) is 3.66. The van der Waals surface area contributed by atoms with Crippen molar-refractivity contribution in [2.75, 3.05) is 5.32 Å². The Morgan fingerprint density at radius 3 is 2.83 bits per heavy atom. The van der Waals surface area contributed by atoms with Crippen molar-refractivity contribution in [2.45, 2.75) is 45.6 Å². The predicted octanol–water partition coefficient (Wildman–Crippen LogP) is 3.59. The van der Waals surface area contributed by atoms with E-state index in [1.165, 1.54) is 41.9 Å². The molecule has 23 heavy (non-hydrogen) atoms. The molecule has 2 aliphatic carbocycles. The van der Waals surface area contributed by atoms with Crippen LogP contribution in [0.15, 0.2) is 5.38 Å². The molecule has 2 saturated carbocycles. The number of hydrogen-bond donors (Lipinski definition) is 2. The Hall–Kier alpha value is -1.31. The van der Waals surface area contributed by atoms with Gasteiger partial charge in [-0.05, 0) is 38.0 Å². The summed E-state index contributed by atoms with van der Waals surface area (Å²) in [5.41, 5.74) is 2.20. The first kappa shape index (κ1) is 15.2. The van der Waals surface area contributed by atoms with Crippen LogP contribution in [0.25, 0.3) is 10.6 Å². The van der Waals surface area contributed by atoms with Gasteiger partial charge in [0.15, 0.2) is 5.13 Å². The standard InChI is InChI=1S/C16H19N3O2S2/c1-9-13(23-12(7-20)17-9)11-8-22-15(18-11)19-14(21)10-5-16(6-10)3-2-4-16/h8,10,20H,2-7H2,1H3,(H,18,19,21). The molecular weight excluding hydrogens is 330 g/mol. The number of anilines is 1. The molecule has 0 atom stereocenters. The molecule has 0 saturated heterocycles. The highest BCUT2D eigenvalue weighted by atomic mass is 32.1. The number of rotatable bonds is 4. The van der Waals surface area contributed by atoms with E-state index >= 15 is 0 Å². The normalized spacial score (nSPS) is 19.4. The van der Waals surface area contributed by atoms with Crippen LogP contribution in [0.2, 0.25) is 0 Å². The number of carbonyl (C=O) groups excluding carboxylic acids is 1. The van der Waals surface area contributed by atoms with E-state index in [0.29, 0.717) is 15.6 Å². The Labute approximate surface area is 142 Å². The fraction of sp³-hybridized carbons (Fsp3) is 0.562. The van der Waals surface area contributed by atoms with Gasteiger partial charge in [0, 0.05) is 11.3 Å². The maximum absolute atomic E-state index is 12.3. The van der Waals surface area contributed by atoms with Crippen molar-refractivity contribution >= 4 is 33.7 Å². The molecule has 0 aromatic carbocycles. The Bertz CT molecular complexity index is 740. The third-order valence-electron chi connectivity index (χ3n) is 5.09. The maximum atomic E-state index is 12.3. The van der Waals surface area contributed by atoms with Crippen LogP contribution < -0.4 is 5.32 Å². The number of aryl methyl sites for hydroxylation is 1. The fourth-order valence-corrected chi connectivity index (χ4v) is 5.32. The van der Waals surface area contributed by atoms with E-state index in [-0.39, 0.29) is 18.4 Å². The van der Waals surface area contributed by atoms with Crippen LogP contribution in [-0.4, -0.2) is 21.0 Å². The number of carbonyl (C=O) groups is 1. The minimum Gasteiger partial charge on any atom is -0.389 e. The zero-order valence-electron chi connectivity index (χ0n) is 13.0. The second-order valence-electron chi connectivity index (χ2n) is 6.67. The van der Waals surface area contributed by atoms with Gasteiger partial charge in [-0.3, -0.25) is 4.79 Å². The summed E-state index contributed by atoms with van der Waals surface area (Å²) < 4.78 is 0. The lowest BCUT2D eigenvalue weighted by molar-refractivity contribution is -0.131. The summed E-state index contributed by atoms with van der Waals surface area (Å²) in [5.74, 6) is 0.272. The van der Waals surface area contributed by atoms with Gasteiger partial charge in [0.2, 0.25) is 5.91 Å². The molecule has 4 rings (SSSR count). The average molecular weight is 349 g/mol. The van der Waals surface area contributed by atoms with Crippen LogP contribution >= 0.6 is 22.7 Å². The van der Waals surface area contributed by atoms with Crippen LogP contribution in [0.4, 0.5) is 5.13 Å². The van der Waals surface area contributed by atoms with Crippen molar-refractivity contribution < 1.29 is 9.90 Å². The summed E-state index contributed by atoms with van der Waals surface area (Å²) in [5, 5.41) is 15.4. The molecule has 0 aliphatic heterocycles. The predicted molar refractivity (Wildman–Crippen MR) is 91.5 cm³/mol. The summed E-state index contributed by atoms with van der Waals surface area (Å²) in [4.78, 5) is 22.1. The quantitative estimate of drug-likeness (QED) is 0.884. The zero-order chi connectivity index (χ0) is 16.0. The molecule has 2 fully saturated rings. The van der Waals surface area contributed by atoms with Crippen molar-refractivity contribution in [3.63, 3.8) is 0 Å². The Morgan fingerprint density at radius 2 is 2.22 bits per heavy atom. The molecule has 0 radical (unpaired) electrons. The number of amides is 1. The van der Waals surface area contributed by atoms with Crippen LogP contribution in [0.3, 0.4) is 0 Å². The molecule has 0 unspecified atom stereocenters. The van der Waals surface area contributed by atoms with Gasteiger partial charge in [0.1, 0.15) is 5.01 Å². The van der Waals surface area contributed by atoms with Crippen molar-refractivity contribution in [3.8, 4) is 10.6 Å². The van der Waals surface area contributed by atoms with Gasteiger partial charge in [-0.1, -0.05) is 6.42 Å². The number of aliphatic hydroxyl groups is 1. The average Bonchev–Trinajstić information content (AvgIpc) is 3.01. The number of aliphatic hydroxyl groups excluding tert-OH is 1. The van der Waals surface area contributed by atoms with Crippen molar-refractivity contribution in [1.82, 2.24) is 9.97 Å². The smallest absolute Gasteiger partial charge is 0.229 e. The van der Waals surface area contributed by atoms with Crippen LogP contribution in [0.5, 0.6) is 0 Å². The summed E-state index contributed by atoms with van der Waals surface area (Å²) >= 11 is 2.89. The highest BCUT2D eigenvalue weighted by Crippen LogP contribution is 2.58. The lowest BCUT2D eigenvalue weighted by Gasteiger charge is -2.53. The highest BCUT2D eigenvalue weighted by Gasteiger charge is 2.50. The SMILES string of the molecule is Cc1nc(CO)sc1-c1csc(NC(=O)C2CC3(CCC3)C2)n1. The minimum atomic E-state index is -0.0529. The van der Waals surface area contributed by atoms with E-state index in [1.54, 1.807) is 0 Å². The molecule has 2 aliphatic rings. The van der Waals surface area contributed by atoms with E-state index < -0.39 is 0 Å². The monoisotopic (exact) mass is 349 g/mol. The first-order valence-corrected chi connectivity index (χ1v) is 9.62. The second kappa shape index (κ2) is 5.65. The van der Waals surface area contributed by atoms with E-state index in [2.05, 4.69) is 15.3 Å². The number of aromatic nitrogens is 2. The Balaban J connectivity index is 1.41. The first-order valence-electron chi connectivity index (χ1n) is 7.92. The van der Waals surface area contributed by atoms with Gasteiger partial charge in [0.05, 0.1) is 22.9 Å². The molecule has 2 N–H and O–H groups in total. The summed E-state index contributed by atoms with van der Waals surface area (Å²) in [6.45, 7) is 1.86. The number of thiazole rings is 2. The summed E-state index contributed by atoms with van der Waals surface area (Å²) in [6.07, 6.45) is 6.02. The third-order valence-corrected chi connectivity index (χ3v) is 7.01. The van der Waals surface area contributed by atoms with E-state index in [1.807, 2.05) is 12.3 Å². The third kappa shape index (κ3) is 2.70. The van der Waals surface area contributed by atoms with Crippen LogP contribution in [0.1, 0.15) is 42.8 Å². The lowest BCUT2D eigenvalue weighted by atomic mass is 9.51. The number of nitrogens with zero attached hydrogens (tertiary/aromatic N) is 2. The molecule has 1 spiro atoms. The first-order chi connectivity index (χ1) is 11.1. The lowest BCUT2D eigenvalue weighted by Crippen LogP contribution is -2.47. The van der Waals surface area contributed by atoms with Crippen LogP contribution in [-0.2, 0) is 11.4 Å². The molecular formula is C16H19N3O2S2. The maximum Gasteiger partial charge on any atom is 0.229 e. The van der Waals surface area contributed by atoms with Crippen molar-refractivity contribution in [1.29, 1.82) is 0 Å². The molecule has 2 aromatic rings. The highest BCUT2D eigenvalue weighted by molar-refractivity contribution is 7.17. The molecule has 122 valence electrons. The minimum absolute atomic E-state index is 0.0529. The van der Waals surface area contributed by atoms with Crippen molar-refractivity contribution in [2.24, 2.45) is 11.3 Å². The molecule has 2 aromatic heterocycles. The van der Waals surface area contributed by atoms with Gasteiger partial charge >= 0.3 is 0 Å². The van der Waals surface area contributed by atoms with Gasteiger partial charge in [-0.25, -0.2) is 9.97 Å². The van der Waals surface area contributed by atoms with Gasteiger partial charge in [-0.15, -0.1) is 22.7 Å². The molecule has 2 heterocycles. The molecule has 0 bridgehead atoms. The molecule has 7 heteroatoms. The van der Waals surface area contributed by atoms with Gasteiger partial charge in [-0.2, -0.15) is 0 Å². The summed E-state index contributed by atoms with van der Waals surface area (Å²) in [6, 6.07) is 0. The second-order valence-corrected chi connectivity index (χ2v) is 8.61. The van der Waals surface area contributed by atoms with Crippen molar-refractivity contribution in [3.05, 3.63) is 16.1 Å². The number of nitrogens with one attached hydrogen (secondary N) is 1. The topological polar surface area (TPSA) is 75.1 Å². The Morgan fingerprint density at radius 1 is 1.43 bits per heavy atom. The van der Waals surface area contributed by atoms with Crippen LogP contribution in [0, 0.1) is 18.3 Å². The van der Waals surface area contributed by atoms with E-state index in [0.717, 1.165) is 29.1 Å². The Kier molecular flexibility index (Phi) is 3.74. The number of hydrogen-bond acceptors (Lipinski definition) is 6.